The Kier molecular flexibility index (Phi) is 3.29. The first kappa shape index (κ1) is 13.5. The Balaban J connectivity index is 2.11. The number of phenols is 1. The number of ether oxygens (including phenoxy) is 1. The first-order valence-corrected chi connectivity index (χ1v) is 6.84. The Morgan fingerprint density at radius 3 is 2.76 bits per heavy atom. The molecule has 0 fully saturated rings. The highest BCUT2D eigenvalue weighted by Crippen LogP contribution is 2.37. The summed E-state index contributed by atoms with van der Waals surface area (Å²) in [5, 5.41) is 9.89. The minimum atomic E-state index is -0.114. The molecule has 4 heteroatoms. The SMILES string of the molecule is COc1cc(-c2ccc3c(c2)CCN3C)cc(C=O)c1O. The minimum absolute atomic E-state index is 0.114. The lowest BCUT2D eigenvalue weighted by Crippen LogP contribution is -2.12. The van der Waals surface area contributed by atoms with Crippen LogP contribution in [0.4, 0.5) is 5.69 Å². The minimum Gasteiger partial charge on any atom is -0.504 e. The van der Waals surface area contributed by atoms with Crippen LogP contribution in [0.25, 0.3) is 11.1 Å². The molecule has 1 N–H and O–H groups in total. The fourth-order valence-electron chi connectivity index (χ4n) is 2.79. The van der Waals surface area contributed by atoms with E-state index in [-0.39, 0.29) is 11.3 Å². The molecule has 0 aliphatic carbocycles. The number of benzene rings is 2. The maximum atomic E-state index is 11.1. The molecule has 0 spiro atoms. The molecule has 21 heavy (non-hydrogen) atoms. The molecule has 0 bridgehead atoms. The van der Waals surface area contributed by atoms with Crippen molar-refractivity contribution in [3.63, 3.8) is 0 Å². The molecule has 0 saturated heterocycles. The molecule has 108 valence electrons. The molecule has 0 aromatic heterocycles. The number of anilines is 1. The third-order valence-electron chi connectivity index (χ3n) is 3.99. The Hall–Kier alpha value is -2.49. The predicted molar refractivity (Wildman–Crippen MR) is 82.5 cm³/mol. The molecule has 1 heterocycles. The third kappa shape index (κ3) is 2.23. The van der Waals surface area contributed by atoms with E-state index in [0.717, 1.165) is 24.1 Å². The molecule has 0 saturated carbocycles. The topological polar surface area (TPSA) is 49.8 Å². The Morgan fingerprint density at radius 2 is 2.05 bits per heavy atom. The van der Waals surface area contributed by atoms with Crippen LogP contribution < -0.4 is 9.64 Å². The van der Waals surface area contributed by atoms with Crippen molar-refractivity contribution in [3.8, 4) is 22.6 Å². The summed E-state index contributed by atoms with van der Waals surface area (Å²) in [5.41, 5.74) is 4.67. The number of hydrogen-bond donors (Lipinski definition) is 1. The van der Waals surface area contributed by atoms with Gasteiger partial charge in [0.05, 0.1) is 12.7 Å². The van der Waals surface area contributed by atoms with Crippen LogP contribution in [-0.2, 0) is 6.42 Å². The number of aldehydes is 1. The second kappa shape index (κ2) is 5.13. The van der Waals surface area contributed by atoms with Crippen molar-refractivity contribution < 1.29 is 14.6 Å². The summed E-state index contributed by atoms with van der Waals surface area (Å²) in [5.74, 6) is 0.198. The number of carbonyl (C=O) groups is 1. The van der Waals surface area contributed by atoms with Gasteiger partial charge in [-0.3, -0.25) is 4.79 Å². The van der Waals surface area contributed by atoms with E-state index in [0.29, 0.717) is 12.0 Å². The van der Waals surface area contributed by atoms with E-state index in [4.69, 9.17) is 4.74 Å². The molecule has 1 aliphatic heterocycles. The van der Waals surface area contributed by atoms with E-state index >= 15 is 0 Å². The number of carbonyl (C=O) groups excluding carboxylic acids is 1. The zero-order valence-corrected chi connectivity index (χ0v) is 12.1. The normalized spacial score (nSPS) is 13.1. The molecular formula is C17H17NO3. The predicted octanol–water partition coefficient (Wildman–Crippen LogP) is 2.87. The Labute approximate surface area is 123 Å². The van der Waals surface area contributed by atoms with Crippen LogP contribution in [0, 0.1) is 0 Å². The first-order valence-electron chi connectivity index (χ1n) is 6.84. The van der Waals surface area contributed by atoms with E-state index in [2.05, 4.69) is 24.1 Å². The van der Waals surface area contributed by atoms with E-state index in [1.165, 1.54) is 18.4 Å². The number of aromatic hydroxyl groups is 1. The van der Waals surface area contributed by atoms with Gasteiger partial charge in [0.1, 0.15) is 0 Å². The number of methoxy groups -OCH3 is 1. The maximum absolute atomic E-state index is 11.1. The smallest absolute Gasteiger partial charge is 0.168 e. The highest BCUT2D eigenvalue weighted by atomic mass is 16.5. The molecule has 2 aromatic carbocycles. The summed E-state index contributed by atoms with van der Waals surface area (Å²) in [6, 6.07) is 9.70. The maximum Gasteiger partial charge on any atom is 0.168 e. The first-order chi connectivity index (χ1) is 10.1. The van der Waals surface area contributed by atoms with Crippen LogP contribution >= 0.6 is 0 Å². The number of hydrogen-bond acceptors (Lipinski definition) is 4. The van der Waals surface area contributed by atoms with Crippen molar-refractivity contribution in [1.82, 2.24) is 0 Å². The van der Waals surface area contributed by atoms with Crippen LogP contribution in [-0.4, -0.2) is 32.1 Å². The molecule has 3 rings (SSSR count). The van der Waals surface area contributed by atoms with Crippen molar-refractivity contribution in [1.29, 1.82) is 0 Å². The van der Waals surface area contributed by atoms with E-state index in [1.54, 1.807) is 12.1 Å². The van der Waals surface area contributed by atoms with Gasteiger partial charge in [0.15, 0.2) is 17.8 Å². The van der Waals surface area contributed by atoms with E-state index in [9.17, 15) is 9.90 Å². The van der Waals surface area contributed by atoms with E-state index < -0.39 is 0 Å². The highest BCUT2D eigenvalue weighted by Gasteiger charge is 2.17. The fraction of sp³-hybridized carbons (Fsp3) is 0.235. The summed E-state index contributed by atoms with van der Waals surface area (Å²) >= 11 is 0. The lowest BCUT2D eigenvalue weighted by atomic mass is 9.99. The number of phenolic OH excluding ortho intramolecular Hbond substituents is 1. The van der Waals surface area contributed by atoms with Crippen LogP contribution in [0.15, 0.2) is 30.3 Å². The second-order valence-corrected chi connectivity index (χ2v) is 5.25. The number of likely N-dealkylation sites (N-methyl/N-ethyl adjacent to an activating group) is 1. The van der Waals surface area contributed by atoms with Gasteiger partial charge in [-0.1, -0.05) is 6.07 Å². The summed E-state index contributed by atoms with van der Waals surface area (Å²) in [6.45, 7) is 1.03. The molecular weight excluding hydrogens is 266 g/mol. The summed E-state index contributed by atoms with van der Waals surface area (Å²) < 4.78 is 5.14. The average molecular weight is 283 g/mol. The zero-order valence-electron chi connectivity index (χ0n) is 12.1. The Morgan fingerprint density at radius 1 is 1.24 bits per heavy atom. The fourth-order valence-corrected chi connectivity index (χ4v) is 2.79. The van der Waals surface area contributed by atoms with Crippen molar-refractivity contribution in [2.24, 2.45) is 0 Å². The van der Waals surface area contributed by atoms with Gasteiger partial charge in [0, 0.05) is 19.3 Å². The molecule has 0 unspecified atom stereocenters. The van der Waals surface area contributed by atoms with E-state index in [1.807, 2.05) is 6.07 Å². The van der Waals surface area contributed by atoms with Crippen molar-refractivity contribution in [2.45, 2.75) is 6.42 Å². The third-order valence-corrected chi connectivity index (χ3v) is 3.99. The monoisotopic (exact) mass is 283 g/mol. The van der Waals surface area contributed by atoms with Gasteiger partial charge in [-0.2, -0.15) is 0 Å². The summed E-state index contributed by atoms with van der Waals surface area (Å²) in [6.07, 6.45) is 1.66. The lowest BCUT2D eigenvalue weighted by Gasteiger charge is -2.13. The second-order valence-electron chi connectivity index (χ2n) is 5.25. The summed E-state index contributed by atoms with van der Waals surface area (Å²) in [4.78, 5) is 13.3. The molecule has 1 aliphatic rings. The van der Waals surface area contributed by atoms with Gasteiger partial charge in [-0.15, -0.1) is 0 Å². The summed E-state index contributed by atoms with van der Waals surface area (Å²) in [7, 11) is 3.56. The number of fused-ring (bicyclic) bond motifs is 1. The highest BCUT2D eigenvalue weighted by molar-refractivity contribution is 5.85. The number of rotatable bonds is 3. The number of nitrogens with zero attached hydrogens (tertiary/aromatic N) is 1. The quantitative estimate of drug-likeness (QED) is 0.880. The van der Waals surface area contributed by atoms with Crippen molar-refractivity contribution in [2.75, 3.05) is 25.6 Å². The molecule has 2 aromatic rings. The molecule has 4 nitrogen and oxygen atoms in total. The average Bonchev–Trinajstić information content (AvgIpc) is 2.88. The van der Waals surface area contributed by atoms with Crippen LogP contribution in [0.3, 0.4) is 0 Å². The van der Waals surface area contributed by atoms with Gasteiger partial charge in [-0.05, 0) is 47.4 Å². The van der Waals surface area contributed by atoms with Gasteiger partial charge in [0.25, 0.3) is 0 Å². The zero-order chi connectivity index (χ0) is 15.0. The van der Waals surface area contributed by atoms with Gasteiger partial charge in [0.2, 0.25) is 0 Å². The van der Waals surface area contributed by atoms with Crippen molar-refractivity contribution in [3.05, 3.63) is 41.5 Å². The van der Waals surface area contributed by atoms with Gasteiger partial charge in [-0.25, -0.2) is 0 Å². The Bertz CT molecular complexity index is 709. The molecule has 0 atom stereocenters. The van der Waals surface area contributed by atoms with Gasteiger partial charge >= 0.3 is 0 Å². The van der Waals surface area contributed by atoms with Crippen LogP contribution in [0.1, 0.15) is 15.9 Å². The molecule has 0 radical (unpaired) electrons. The van der Waals surface area contributed by atoms with Crippen molar-refractivity contribution >= 4 is 12.0 Å². The van der Waals surface area contributed by atoms with Gasteiger partial charge < -0.3 is 14.7 Å². The largest absolute Gasteiger partial charge is 0.504 e. The van der Waals surface area contributed by atoms with Crippen LogP contribution in [0.2, 0.25) is 0 Å². The molecule has 0 amide bonds. The standard InChI is InChI=1S/C17H17NO3/c1-18-6-5-12-7-11(3-4-15(12)18)13-8-14(10-19)17(20)16(9-13)21-2/h3-4,7-10,20H,5-6H2,1-2H3. The van der Waals surface area contributed by atoms with Crippen LogP contribution in [0.5, 0.6) is 11.5 Å². The lowest BCUT2D eigenvalue weighted by molar-refractivity contribution is 0.112.